The smallest absolute Gasteiger partial charge is 0.261 e. The molecule has 0 amide bonds. The third kappa shape index (κ3) is 5.26. The first-order valence-electron chi connectivity index (χ1n) is 7.43. The van der Waals surface area contributed by atoms with Crippen LogP contribution in [0, 0.1) is 6.92 Å². The number of ether oxygens (including phenoxy) is 1. The molecule has 2 aromatic carbocycles. The molecule has 0 spiro atoms. The minimum absolute atomic E-state index is 0.263. The average Bonchev–Trinajstić information content (AvgIpc) is 2.53. The summed E-state index contributed by atoms with van der Waals surface area (Å²) in [5, 5.41) is 3.25. The van der Waals surface area contributed by atoms with Gasteiger partial charge < -0.3 is 10.1 Å². The molecular formula is C17H22N2O3S. The Morgan fingerprint density at radius 2 is 1.74 bits per heavy atom. The van der Waals surface area contributed by atoms with Crippen molar-refractivity contribution in [1.29, 1.82) is 0 Å². The molecule has 0 aliphatic rings. The summed E-state index contributed by atoms with van der Waals surface area (Å²) in [7, 11) is -1.88. The van der Waals surface area contributed by atoms with Crippen LogP contribution < -0.4 is 10.0 Å². The summed E-state index contributed by atoms with van der Waals surface area (Å²) in [6.07, 6.45) is 0.915. The first-order valence-corrected chi connectivity index (χ1v) is 8.92. The Morgan fingerprint density at radius 1 is 1.04 bits per heavy atom. The minimum atomic E-state index is -3.56. The molecule has 0 bridgehead atoms. The standard InChI is InChI=1S/C17H22N2O3S/c1-14-5-3-6-17(13-14)23(20,21)19-16-9-7-15(8-10-16)18-11-4-12-22-2/h3,5-10,13,18-19H,4,11-12H2,1-2H3. The van der Waals surface area contributed by atoms with Crippen LogP contribution in [-0.2, 0) is 14.8 Å². The van der Waals surface area contributed by atoms with Crippen molar-refractivity contribution in [1.82, 2.24) is 0 Å². The molecule has 124 valence electrons. The van der Waals surface area contributed by atoms with Crippen LogP contribution >= 0.6 is 0 Å². The first-order chi connectivity index (χ1) is 11.0. The highest BCUT2D eigenvalue weighted by atomic mass is 32.2. The second-order valence-corrected chi connectivity index (χ2v) is 6.95. The van der Waals surface area contributed by atoms with Gasteiger partial charge in [-0.25, -0.2) is 8.42 Å². The van der Waals surface area contributed by atoms with E-state index in [-0.39, 0.29) is 4.90 Å². The minimum Gasteiger partial charge on any atom is -0.385 e. The van der Waals surface area contributed by atoms with Crippen LogP contribution in [0.25, 0.3) is 0 Å². The van der Waals surface area contributed by atoms with E-state index in [4.69, 9.17) is 4.74 Å². The fraction of sp³-hybridized carbons (Fsp3) is 0.294. The number of aryl methyl sites for hydroxylation is 1. The predicted octanol–water partition coefficient (Wildman–Crippen LogP) is 3.24. The number of rotatable bonds is 8. The van der Waals surface area contributed by atoms with E-state index in [9.17, 15) is 8.42 Å². The van der Waals surface area contributed by atoms with Crippen molar-refractivity contribution < 1.29 is 13.2 Å². The summed E-state index contributed by atoms with van der Waals surface area (Å²) in [6.45, 7) is 3.38. The van der Waals surface area contributed by atoms with Crippen molar-refractivity contribution in [2.45, 2.75) is 18.2 Å². The van der Waals surface area contributed by atoms with Crippen molar-refractivity contribution in [3.8, 4) is 0 Å². The molecule has 0 saturated carbocycles. The summed E-state index contributed by atoms with van der Waals surface area (Å²) in [6, 6.07) is 14.0. The highest BCUT2D eigenvalue weighted by Gasteiger charge is 2.13. The maximum atomic E-state index is 12.3. The van der Waals surface area contributed by atoms with Crippen LogP contribution in [0.1, 0.15) is 12.0 Å². The largest absolute Gasteiger partial charge is 0.385 e. The molecule has 0 aliphatic carbocycles. The molecule has 0 heterocycles. The molecule has 0 radical (unpaired) electrons. The van der Waals surface area contributed by atoms with Gasteiger partial charge >= 0.3 is 0 Å². The zero-order valence-corrected chi connectivity index (χ0v) is 14.2. The molecule has 0 unspecified atom stereocenters. The normalized spacial score (nSPS) is 11.2. The fourth-order valence-electron chi connectivity index (χ4n) is 2.10. The van der Waals surface area contributed by atoms with Gasteiger partial charge in [0.1, 0.15) is 0 Å². The Kier molecular flexibility index (Phi) is 6.01. The summed E-state index contributed by atoms with van der Waals surface area (Å²) in [4.78, 5) is 0.263. The van der Waals surface area contributed by atoms with E-state index in [1.54, 1.807) is 37.4 Å². The van der Waals surface area contributed by atoms with Crippen molar-refractivity contribution in [3.05, 3.63) is 54.1 Å². The summed E-state index contributed by atoms with van der Waals surface area (Å²) >= 11 is 0. The van der Waals surface area contributed by atoms with Gasteiger partial charge in [0.05, 0.1) is 4.90 Å². The van der Waals surface area contributed by atoms with Crippen LogP contribution in [0.3, 0.4) is 0 Å². The SMILES string of the molecule is COCCCNc1ccc(NS(=O)(=O)c2cccc(C)c2)cc1. The van der Waals surface area contributed by atoms with Crippen LogP contribution in [-0.4, -0.2) is 28.7 Å². The van der Waals surface area contributed by atoms with Gasteiger partial charge in [0.15, 0.2) is 0 Å². The van der Waals surface area contributed by atoms with Gasteiger partial charge in [0, 0.05) is 31.6 Å². The number of methoxy groups -OCH3 is 1. The topological polar surface area (TPSA) is 67.4 Å². The molecule has 23 heavy (non-hydrogen) atoms. The van der Waals surface area contributed by atoms with Gasteiger partial charge in [0.25, 0.3) is 10.0 Å². The van der Waals surface area contributed by atoms with E-state index in [2.05, 4.69) is 10.0 Å². The van der Waals surface area contributed by atoms with Crippen LogP contribution in [0.5, 0.6) is 0 Å². The second-order valence-electron chi connectivity index (χ2n) is 5.27. The number of hydrogen-bond acceptors (Lipinski definition) is 4. The highest BCUT2D eigenvalue weighted by Crippen LogP contribution is 2.19. The summed E-state index contributed by atoms with van der Waals surface area (Å²) < 4.78 is 32.3. The lowest BCUT2D eigenvalue weighted by atomic mass is 10.2. The first kappa shape index (κ1) is 17.3. The van der Waals surface area contributed by atoms with Gasteiger partial charge in [-0.15, -0.1) is 0 Å². The summed E-state index contributed by atoms with van der Waals surface area (Å²) in [5.41, 5.74) is 2.39. The van der Waals surface area contributed by atoms with E-state index in [0.29, 0.717) is 12.3 Å². The van der Waals surface area contributed by atoms with Crippen molar-refractivity contribution in [3.63, 3.8) is 0 Å². The average molecular weight is 334 g/mol. The van der Waals surface area contributed by atoms with Gasteiger partial charge in [-0.2, -0.15) is 0 Å². The molecule has 6 heteroatoms. The maximum absolute atomic E-state index is 12.3. The Labute approximate surface area is 137 Å². The molecule has 2 aromatic rings. The lowest BCUT2D eigenvalue weighted by Crippen LogP contribution is -2.13. The molecule has 2 rings (SSSR count). The molecular weight excluding hydrogens is 312 g/mol. The molecule has 0 saturated heterocycles. The molecule has 0 atom stereocenters. The highest BCUT2D eigenvalue weighted by molar-refractivity contribution is 7.92. The number of benzene rings is 2. The zero-order chi connectivity index (χ0) is 16.7. The number of anilines is 2. The molecule has 2 N–H and O–H groups in total. The monoisotopic (exact) mass is 334 g/mol. The van der Waals surface area contributed by atoms with E-state index >= 15 is 0 Å². The van der Waals surface area contributed by atoms with E-state index in [1.807, 2.05) is 25.1 Å². The number of sulfonamides is 1. The van der Waals surface area contributed by atoms with Crippen molar-refractivity contribution in [2.75, 3.05) is 30.3 Å². The van der Waals surface area contributed by atoms with Gasteiger partial charge in [-0.3, -0.25) is 4.72 Å². The molecule has 0 fully saturated rings. The molecule has 0 aliphatic heterocycles. The maximum Gasteiger partial charge on any atom is 0.261 e. The Balaban J connectivity index is 2.00. The Hall–Kier alpha value is -2.05. The number of hydrogen-bond donors (Lipinski definition) is 2. The molecule has 5 nitrogen and oxygen atoms in total. The third-order valence-electron chi connectivity index (χ3n) is 3.29. The van der Waals surface area contributed by atoms with Crippen LogP contribution in [0.15, 0.2) is 53.4 Å². The second kappa shape index (κ2) is 7.99. The fourth-order valence-corrected chi connectivity index (χ4v) is 3.26. The zero-order valence-electron chi connectivity index (χ0n) is 13.4. The Bertz CT molecular complexity index is 728. The van der Waals surface area contributed by atoms with Crippen molar-refractivity contribution >= 4 is 21.4 Å². The van der Waals surface area contributed by atoms with Gasteiger partial charge in [-0.1, -0.05) is 12.1 Å². The summed E-state index contributed by atoms with van der Waals surface area (Å²) in [5.74, 6) is 0. The van der Waals surface area contributed by atoms with E-state index in [1.165, 1.54) is 0 Å². The number of nitrogens with one attached hydrogen (secondary N) is 2. The van der Waals surface area contributed by atoms with Gasteiger partial charge in [-0.05, 0) is 55.3 Å². The van der Waals surface area contributed by atoms with E-state index in [0.717, 1.165) is 24.2 Å². The quantitative estimate of drug-likeness (QED) is 0.727. The lowest BCUT2D eigenvalue weighted by Gasteiger charge is -2.10. The Morgan fingerprint density at radius 3 is 2.39 bits per heavy atom. The van der Waals surface area contributed by atoms with E-state index < -0.39 is 10.0 Å². The van der Waals surface area contributed by atoms with Crippen LogP contribution in [0.4, 0.5) is 11.4 Å². The van der Waals surface area contributed by atoms with Crippen LogP contribution in [0.2, 0.25) is 0 Å². The lowest BCUT2D eigenvalue weighted by molar-refractivity contribution is 0.198. The van der Waals surface area contributed by atoms with Gasteiger partial charge in [0.2, 0.25) is 0 Å². The van der Waals surface area contributed by atoms with Crippen molar-refractivity contribution in [2.24, 2.45) is 0 Å². The molecule has 0 aromatic heterocycles. The predicted molar refractivity (Wildman–Crippen MR) is 93.4 cm³/mol. The third-order valence-corrected chi connectivity index (χ3v) is 4.67.